The number of nitrogen functional groups attached to an aromatic ring is 1. The minimum Gasteiger partial charge on any atom is -0.384 e. The van der Waals surface area contributed by atoms with Gasteiger partial charge < -0.3 is 10.7 Å². The zero-order valence-electron chi connectivity index (χ0n) is 9.05. The van der Waals surface area contributed by atoms with E-state index in [1.165, 1.54) is 18.3 Å². The molecular weight excluding hydrogens is 243 g/mol. The summed E-state index contributed by atoms with van der Waals surface area (Å²) in [7, 11) is 0. The second-order valence-electron chi connectivity index (χ2n) is 3.68. The number of H-pyrrole nitrogens is 1. The molecule has 0 aliphatic carbocycles. The first-order valence-corrected chi connectivity index (χ1v) is 4.98. The number of nitrogens with one attached hydrogen (secondary N) is 1. The normalized spacial score (nSPS) is 11.2. The smallest absolute Gasteiger partial charge is 0.384 e. The molecule has 0 saturated heterocycles. The van der Waals surface area contributed by atoms with Crippen LogP contribution in [0, 0.1) is 11.3 Å². The van der Waals surface area contributed by atoms with Crippen molar-refractivity contribution in [3.63, 3.8) is 0 Å². The van der Waals surface area contributed by atoms with Crippen molar-refractivity contribution in [1.29, 1.82) is 5.26 Å². The lowest BCUT2D eigenvalue weighted by atomic mass is 10.0. The third-order valence-corrected chi connectivity index (χ3v) is 2.55. The average molecular weight is 251 g/mol. The van der Waals surface area contributed by atoms with E-state index in [0.717, 1.165) is 12.1 Å². The molecule has 92 valence electrons. The fourth-order valence-electron chi connectivity index (χ4n) is 1.63. The Morgan fingerprint density at radius 1 is 1.17 bits per heavy atom. The van der Waals surface area contributed by atoms with Crippen LogP contribution in [0.15, 0.2) is 30.5 Å². The van der Waals surface area contributed by atoms with E-state index in [2.05, 4.69) is 4.98 Å². The molecule has 0 fully saturated rings. The van der Waals surface area contributed by atoms with Gasteiger partial charge in [0.25, 0.3) is 0 Å². The second kappa shape index (κ2) is 4.11. The van der Waals surface area contributed by atoms with E-state index in [9.17, 15) is 13.2 Å². The van der Waals surface area contributed by atoms with Crippen molar-refractivity contribution in [3.05, 3.63) is 41.6 Å². The molecular formula is C12H8F3N3. The Morgan fingerprint density at radius 2 is 1.78 bits per heavy atom. The first kappa shape index (κ1) is 12.0. The van der Waals surface area contributed by atoms with Gasteiger partial charge in [0, 0.05) is 11.8 Å². The lowest BCUT2D eigenvalue weighted by Gasteiger charge is -2.07. The maximum Gasteiger partial charge on any atom is 0.416 e. The third-order valence-electron chi connectivity index (χ3n) is 2.55. The molecule has 1 aromatic heterocycles. The van der Waals surface area contributed by atoms with Crippen LogP contribution < -0.4 is 5.73 Å². The van der Waals surface area contributed by atoms with Gasteiger partial charge in [-0.15, -0.1) is 0 Å². The SMILES string of the molecule is N#Cc1c(-c2ccc(C(F)(F)F)cc2)c[nH]c1N. The fourth-order valence-corrected chi connectivity index (χ4v) is 1.63. The van der Waals surface area contributed by atoms with Crippen molar-refractivity contribution in [2.75, 3.05) is 5.73 Å². The van der Waals surface area contributed by atoms with Crippen LogP contribution in [0.1, 0.15) is 11.1 Å². The molecule has 0 aliphatic rings. The highest BCUT2D eigenvalue weighted by molar-refractivity contribution is 5.75. The van der Waals surface area contributed by atoms with Crippen molar-refractivity contribution in [2.45, 2.75) is 6.18 Å². The summed E-state index contributed by atoms with van der Waals surface area (Å²) in [6.07, 6.45) is -2.87. The summed E-state index contributed by atoms with van der Waals surface area (Å²) in [5.41, 5.74) is 6.03. The highest BCUT2D eigenvalue weighted by Gasteiger charge is 2.30. The lowest BCUT2D eigenvalue weighted by molar-refractivity contribution is -0.137. The van der Waals surface area contributed by atoms with Gasteiger partial charge in [-0.3, -0.25) is 0 Å². The van der Waals surface area contributed by atoms with Crippen molar-refractivity contribution >= 4 is 5.82 Å². The molecule has 0 spiro atoms. The summed E-state index contributed by atoms with van der Waals surface area (Å²) >= 11 is 0. The molecule has 3 N–H and O–H groups in total. The van der Waals surface area contributed by atoms with E-state index in [0.29, 0.717) is 11.1 Å². The molecule has 2 aromatic rings. The molecule has 3 nitrogen and oxygen atoms in total. The molecule has 1 aromatic carbocycles. The maximum atomic E-state index is 12.4. The zero-order chi connectivity index (χ0) is 13.3. The highest BCUT2D eigenvalue weighted by atomic mass is 19.4. The van der Waals surface area contributed by atoms with E-state index >= 15 is 0 Å². The molecule has 6 heteroatoms. The van der Waals surface area contributed by atoms with E-state index in [1.54, 1.807) is 0 Å². The van der Waals surface area contributed by atoms with E-state index in [-0.39, 0.29) is 11.4 Å². The zero-order valence-corrected chi connectivity index (χ0v) is 9.05. The Kier molecular flexibility index (Phi) is 2.75. The molecule has 0 radical (unpaired) electrons. The van der Waals surface area contributed by atoms with Gasteiger partial charge in [-0.2, -0.15) is 18.4 Å². The standard InChI is InChI=1S/C12H8F3N3/c13-12(14,15)8-3-1-7(2-4-8)10-6-18-11(17)9(10)5-16/h1-4,6,18H,17H2. The predicted octanol–water partition coefficient (Wildman–Crippen LogP) is 3.15. The Labute approximate surface area is 101 Å². The van der Waals surface area contributed by atoms with Crippen LogP contribution in [0.2, 0.25) is 0 Å². The minimum atomic E-state index is -4.37. The first-order valence-electron chi connectivity index (χ1n) is 4.98. The first-order chi connectivity index (χ1) is 8.43. The summed E-state index contributed by atoms with van der Waals surface area (Å²) in [5, 5.41) is 8.90. The molecule has 0 aliphatic heterocycles. The highest BCUT2D eigenvalue weighted by Crippen LogP contribution is 2.32. The fraction of sp³-hybridized carbons (Fsp3) is 0.0833. The van der Waals surface area contributed by atoms with Crippen LogP contribution in [-0.4, -0.2) is 4.98 Å². The number of aromatic nitrogens is 1. The number of hydrogen-bond donors (Lipinski definition) is 2. The Balaban J connectivity index is 2.45. The summed E-state index contributed by atoms with van der Waals surface area (Å²) in [4.78, 5) is 2.66. The third kappa shape index (κ3) is 2.02. The number of rotatable bonds is 1. The number of alkyl halides is 3. The van der Waals surface area contributed by atoms with Crippen LogP contribution in [0.3, 0.4) is 0 Å². The quantitative estimate of drug-likeness (QED) is 0.817. The van der Waals surface area contributed by atoms with Gasteiger partial charge in [0.15, 0.2) is 0 Å². The molecule has 0 amide bonds. The molecule has 1 heterocycles. The van der Waals surface area contributed by atoms with Gasteiger partial charge in [-0.05, 0) is 17.7 Å². The summed E-state index contributed by atoms with van der Waals surface area (Å²) in [6, 6.07) is 6.48. The van der Waals surface area contributed by atoms with Crippen LogP contribution >= 0.6 is 0 Å². The minimum absolute atomic E-state index is 0.201. The molecule has 18 heavy (non-hydrogen) atoms. The van der Waals surface area contributed by atoms with Gasteiger partial charge in [0.1, 0.15) is 17.5 Å². The topological polar surface area (TPSA) is 65.6 Å². The van der Waals surface area contributed by atoms with Crippen molar-refractivity contribution in [3.8, 4) is 17.2 Å². The summed E-state index contributed by atoms with van der Waals surface area (Å²) < 4.78 is 37.2. The van der Waals surface area contributed by atoms with Crippen LogP contribution in [-0.2, 0) is 6.18 Å². The number of benzene rings is 1. The van der Waals surface area contributed by atoms with Gasteiger partial charge >= 0.3 is 6.18 Å². The number of hydrogen-bond acceptors (Lipinski definition) is 2. The van der Waals surface area contributed by atoms with Crippen molar-refractivity contribution < 1.29 is 13.2 Å². The molecule has 0 bridgehead atoms. The van der Waals surface area contributed by atoms with Gasteiger partial charge in [-0.1, -0.05) is 12.1 Å². The molecule has 0 atom stereocenters. The Morgan fingerprint density at radius 3 is 2.28 bits per heavy atom. The van der Waals surface area contributed by atoms with Crippen molar-refractivity contribution in [2.24, 2.45) is 0 Å². The molecule has 0 unspecified atom stereocenters. The number of nitrogens with two attached hydrogens (primary N) is 1. The van der Waals surface area contributed by atoms with Crippen LogP contribution in [0.4, 0.5) is 19.0 Å². The second-order valence-corrected chi connectivity index (χ2v) is 3.68. The van der Waals surface area contributed by atoms with Gasteiger partial charge in [-0.25, -0.2) is 0 Å². The number of halogens is 3. The van der Waals surface area contributed by atoms with E-state index < -0.39 is 11.7 Å². The average Bonchev–Trinajstić information content (AvgIpc) is 2.69. The predicted molar refractivity (Wildman–Crippen MR) is 60.4 cm³/mol. The summed E-state index contributed by atoms with van der Waals surface area (Å²) in [5.74, 6) is 0.201. The summed E-state index contributed by atoms with van der Waals surface area (Å²) in [6.45, 7) is 0. The number of aromatic amines is 1. The van der Waals surface area contributed by atoms with Gasteiger partial charge in [0.2, 0.25) is 0 Å². The largest absolute Gasteiger partial charge is 0.416 e. The van der Waals surface area contributed by atoms with E-state index in [4.69, 9.17) is 11.0 Å². The van der Waals surface area contributed by atoms with Crippen LogP contribution in [0.25, 0.3) is 11.1 Å². The van der Waals surface area contributed by atoms with Crippen LogP contribution in [0.5, 0.6) is 0 Å². The maximum absolute atomic E-state index is 12.4. The van der Waals surface area contributed by atoms with Crippen molar-refractivity contribution in [1.82, 2.24) is 4.98 Å². The lowest BCUT2D eigenvalue weighted by Crippen LogP contribution is -2.04. The van der Waals surface area contributed by atoms with Gasteiger partial charge in [0.05, 0.1) is 5.56 Å². The number of anilines is 1. The number of nitriles is 1. The Bertz CT molecular complexity index is 603. The monoisotopic (exact) mass is 251 g/mol. The Hall–Kier alpha value is -2.42. The number of nitrogens with zero attached hydrogens (tertiary/aromatic N) is 1. The van der Waals surface area contributed by atoms with E-state index in [1.807, 2.05) is 6.07 Å². The molecule has 2 rings (SSSR count). The molecule has 0 saturated carbocycles.